The van der Waals surface area contributed by atoms with E-state index >= 15 is 0 Å². The Morgan fingerprint density at radius 1 is 1.26 bits per heavy atom. The van der Waals surface area contributed by atoms with Gasteiger partial charge in [0.2, 0.25) is 0 Å². The van der Waals surface area contributed by atoms with Gasteiger partial charge in [-0.2, -0.15) is 0 Å². The van der Waals surface area contributed by atoms with Crippen molar-refractivity contribution in [3.63, 3.8) is 0 Å². The summed E-state index contributed by atoms with van der Waals surface area (Å²) in [5.74, 6) is 0.487. The predicted molar refractivity (Wildman–Crippen MR) is 75.8 cm³/mol. The zero-order chi connectivity index (χ0) is 13.2. The maximum Gasteiger partial charge on any atom is 0.123 e. The van der Waals surface area contributed by atoms with Gasteiger partial charge in [-0.25, -0.2) is 4.39 Å². The van der Waals surface area contributed by atoms with Crippen LogP contribution < -0.4 is 5.32 Å². The minimum absolute atomic E-state index is 0.137. The van der Waals surface area contributed by atoms with Crippen LogP contribution in [0.4, 0.5) is 4.39 Å². The van der Waals surface area contributed by atoms with Gasteiger partial charge in [0.25, 0.3) is 0 Å². The summed E-state index contributed by atoms with van der Waals surface area (Å²) in [6, 6.07) is 8.39. The van der Waals surface area contributed by atoms with Gasteiger partial charge in [-0.15, -0.1) is 0 Å². The van der Waals surface area contributed by atoms with Crippen LogP contribution in [0.25, 0.3) is 0 Å². The molecule has 104 valence electrons. The average molecular weight is 262 g/mol. The molecule has 1 saturated carbocycles. The molecule has 1 N–H and O–H groups in total. The Bertz CT molecular complexity index is 411. The van der Waals surface area contributed by atoms with Crippen LogP contribution >= 0.6 is 0 Å². The number of hydrogen-bond acceptors (Lipinski definition) is 2. The van der Waals surface area contributed by atoms with E-state index in [-0.39, 0.29) is 5.82 Å². The molecule has 19 heavy (non-hydrogen) atoms. The smallest absolute Gasteiger partial charge is 0.123 e. The van der Waals surface area contributed by atoms with E-state index in [1.165, 1.54) is 37.8 Å². The average Bonchev–Trinajstić information content (AvgIpc) is 2.75. The summed E-state index contributed by atoms with van der Waals surface area (Å²) < 4.78 is 12.9. The fourth-order valence-corrected chi connectivity index (χ4v) is 3.33. The molecule has 1 atom stereocenters. The molecule has 1 aliphatic heterocycles. The monoisotopic (exact) mass is 262 g/mol. The zero-order valence-corrected chi connectivity index (χ0v) is 11.6. The molecule has 2 nitrogen and oxygen atoms in total. The summed E-state index contributed by atoms with van der Waals surface area (Å²) in [5, 5.41) is 3.69. The molecule has 1 unspecified atom stereocenters. The van der Waals surface area contributed by atoms with Gasteiger partial charge in [0.1, 0.15) is 5.82 Å². The van der Waals surface area contributed by atoms with Crippen LogP contribution in [-0.2, 0) is 0 Å². The highest BCUT2D eigenvalue weighted by Crippen LogP contribution is 2.36. The van der Waals surface area contributed by atoms with Crippen LogP contribution in [0.3, 0.4) is 0 Å². The van der Waals surface area contributed by atoms with Crippen molar-refractivity contribution in [2.24, 2.45) is 0 Å². The van der Waals surface area contributed by atoms with E-state index < -0.39 is 0 Å². The Balaban J connectivity index is 1.41. The molecule has 1 heterocycles. The van der Waals surface area contributed by atoms with Crippen LogP contribution in [0.2, 0.25) is 0 Å². The lowest BCUT2D eigenvalue weighted by Gasteiger charge is -2.37. The molecule has 0 aromatic heterocycles. The molecule has 2 fully saturated rings. The first-order valence-electron chi connectivity index (χ1n) is 7.41. The SMILES string of the molecule is CN1CCCC1CNC1CC(c2ccc(F)cc2)C1. The zero-order valence-electron chi connectivity index (χ0n) is 11.6. The first-order valence-corrected chi connectivity index (χ1v) is 7.41. The first kappa shape index (κ1) is 13.1. The van der Waals surface area contributed by atoms with Crippen LogP contribution in [0.1, 0.15) is 37.2 Å². The summed E-state index contributed by atoms with van der Waals surface area (Å²) in [5.41, 5.74) is 1.29. The van der Waals surface area contributed by atoms with E-state index in [9.17, 15) is 4.39 Å². The maximum absolute atomic E-state index is 12.9. The Kier molecular flexibility index (Phi) is 3.85. The molecule has 1 aromatic rings. The topological polar surface area (TPSA) is 15.3 Å². The Morgan fingerprint density at radius 2 is 2.00 bits per heavy atom. The third-order valence-corrected chi connectivity index (χ3v) is 4.79. The second kappa shape index (κ2) is 5.59. The van der Waals surface area contributed by atoms with Crippen molar-refractivity contribution in [1.29, 1.82) is 0 Å². The highest BCUT2D eigenvalue weighted by atomic mass is 19.1. The van der Waals surface area contributed by atoms with Crippen molar-refractivity contribution < 1.29 is 4.39 Å². The normalized spacial score (nSPS) is 31.4. The molecule has 3 rings (SSSR count). The third kappa shape index (κ3) is 2.98. The Hall–Kier alpha value is -0.930. The quantitative estimate of drug-likeness (QED) is 0.897. The molecular weight excluding hydrogens is 239 g/mol. The fraction of sp³-hybridized carbons (Fsp3) is 0.625. The summed E-state index contributed by atoms with van der Waals surface area (Å²) in [6.45, 7) is 2.37. The van der Waals surface area contributed by atoms with Crippen molar-refractivity contribution >= 4 is 0 Å². The number of halogens is 1. The molecule has 2 aliphatic rings. The first-order chi connectivity index (χ1) is 9.22. The molecule has 0 radical (unpaired) electrons. The largest absolute Gasteiger partial charge is 0.312 e. The van der Waals surface area contributed by atoms with Gasteiger partial charge in [0, 0.05) is 18.6 Å². The van der Waals surface area contributed by atoms with Crippen LogP contribution in [0.5, 0.6) is 0 Å². The van der Waals surface area contributed by atoms with E-state index in [2.05, 4.69) is 17.3 Å². The molecule has 0 spiro atoms. The number of benzene rings is 1. The lowest BCUT2D eigenvalue weighted by molar-refractivity contribution is 0.245. The molecule has 1 saturated heterocycles. The van der Waals surface area contributed by atoms with Gasteiger partial charge in [-0.1, -0.05) is 12.1 Å². The number of likely N-dealkylation sites (N-methyl/N-ethyl adjacent to an activating group) is 1. The fourth-order valence-electron chi connectivity index (χ4n) is 3.33. The van der Waals surface area contributed by atoms with Crippen LogP contribution in [-0.4, -0.2) is 37.1 Å². The maximum atomic E-state index is 12.9. The van der Waals surface area contributed by atoms with Gasteiger partial charge < -0.3 is 10.2 Å². The third-order valence-electron chi connectivity index (χ3n) is 4.79. The van der Waals surface area contributed by atoms with E-state index in [1.54, 1.807) is 12.1 Å². The van der Waals surface area contributed by atoms with Crippen molar-refractivity contribution in [3.8, 4) is 0 Å². The summed E-state index contributed by atoms with van der Waals surface area (Å²) >= 11 is 0. The van der Waals surface area contributed by atoms with Gasteiger partial charge in [0.05, 0.1) is 0 Å². The van der Waals surface area contributed by atoms with Crippen molar-refractivity contribution in [1.82, 2.24) is 10.2 Å². The lowest BCUT2D eigenvalue weighted by Crippen LogP contribution is -2.45. The highest BCUT2D eigenvalue weighted by Gasteiger charge is 2.31. The Labute approximate surface area is 115 Å². The number of rotatable bonds is 4. The number of likely N-dealkylation sites (tertiary alicyclic amines) is 1. The summed E-state index contributed by atoms with van der Waals surface area (Å²) in [4.78, 5) is 2.46. The number of hydrogen-bond donors (Lipinski definition) is 1. The van der Waals surface area contributed by atoms with Gasteiger partial charge in [-0.05, 0) is 62.9 Å². The number of nitrogens with one attached hydrogen (secondary N) is 1. The molecule has 0 amide bonds. The summed E-state index contributed by atoms with van der Waals surface area (Å²) in [7, 11) is 2.22. The van der Waals surface area contributed by atoms with E-state index in [0.29, 0.717) is 12.0 Å². The molecular formula is C16H23FN2. The number of nitrogens with zero attached hydrogens (tertiary/aromatic N) is 1. The second-order valence-electron chi connectivity index (χ2n) is 6.10. The van der Waals surface area contributed by atoms with Crippen molar-refractivity contribution in [3.05, 3.63) is 35.6 Å². The van der Waals surface area contributed by atoms with Gasteiger partial charge in [-0.3, -0.25) is 0 Å². The van der Waals surface area contributed by atoms with Crippen molar-refractivity contribution in [2.75, 3.05) is 20.1 Å². The minimum atomic E-state index is -0.137. The lowest BCUT2D eigenvalue weighted by atomic mass is 9.76. The van der Waals surface area contributed by atoms with Gasteiger partial charge in [0.15, 0.2) is 0 Å². The van der Waals surface area contributed by atoms with E-state index in [0.717, 1.165) is 12.6 Å². The van der Waals surface area contributed by atoms with E-state index in [4.69, 9.17) is 0 Å². The van der Waals surface area contributed by atoms with Gasteiger partial charge >= 0.3 is 0 Å². The van der Waals surface area contributed by atoms with Crippen molar-refractivity contribution in [2.45, 2.75) is 43.7 Å². The minimum Gasteiger partial charge on any atom is -0.312 e. The molecule has 1 aliphatic carbocycles. The highest BCUT2D eigenvalue weighted by molar-refractivity contribution is 5.23. The second-order valence-corrected chi connectivity index (χ2v) is 6.10. The molecule has 1 aromatic carbocycles. The standard InChI is InChI=1S/C16H23FN2/c1-19-8-2-3-16(19)11-18-15-9-13(10-15)12-4-6-14(17)7-5-12/h4-7,13,15-16,18H,2-3,8-11H2,1H3. The van der Waals surface area contributed by atoms with Crippen LogP contribution in [0.15, 0.2) is 24.3 Å². The molecule has 0 bridgehead atoms. The molecule has 3 heteroatoms. The summed E-state index contributed by atoms with van der Waals surface area (Å²) in [6.07, 6.45) is 5.06. The predicted octanol–water partition coefficient (Wildman–Crippen LogP) is 2.76. The van der Waals surface area contributed by atoms with E-state index in [1.807, 2.05) is 12.1 Å². The Morgan fingerprint density at radius 3 is 2.63 bits per heavy atom. The van der Waals surface area contributed by atoms with Crippen LogP contribution in [0, 0.1) is 5.82 Å².